The van der Waals surface area contributed by atoms with E-state index in [1.54, 1.807) is 19.3 Å². The van der Waals surface area contributed by atoms with Gasteiger partial charge in [-0.3, -0.25) is 9.98 Å². The van der Waals surface area contributed by atoms with E-state index in [1.165, 1.54) is 47.0 Å². The maximum Gasteiger partial charge on any atom is 0.185 e. The van der Waals surface area contributed by atoms with Crippen molar-refractivity contribution in [2.24, 2.45) is 21.5 Å². The first kappa shape index (κ1) is 50.3. The van der Waals surface area contributed by atoms with Gasteiger partial charge in [-0.15, -0.1) is 6.58 Å². The SMILES string of the molecule is C=C(NCCCN=C(C)N)O/C=C/C(=C\C)C1=C2C=CC(=NCC)C=C2Cc2cc(N(CC)CC)ccc21.C=CC.CC.CC.CCC.CN. The summed E-state index contributed by atoms with van der Waals surface area (Å²) in [6.45, 7) is 36.0. The molecule has 0 bridgehead atoms. The van der Waals surface area contributed by atoms with Crippen LogP contribution in [0.5, 0.6) is 0 Å². The molecule has 7 nitrogen and oxygen atoms in total. The number of nitrogens with two attached hydrogens (primary N) is 2. The number of nitrogens with one attached hydrogen (secondary N) is 1. The second-order valence-corrected chi connectivity index (χ2v) is 10.4. The van der Waals surface area contributed by atoms with Gasteiger partial charge in [0.25, 0.3) is 0 Å². The molecule has 0 saturated carbocycles. The van der Waals surface area contributed by atoms with Crippen LogP contribution in [0, 0.1) is 0 Å². The molecule has 0 spiro atoms. The first-order chi connectivity index (χ1) is 24.2. The maximum absolute atomic E-state index is 5.78. The highest BCUT2D eigenvalue weighted by atomic mass is 16.5. The summed E-state index contributed by atoms with van der Waals surface area (Å²) in [5.74, 6) is 1.11. The summed E-state index contributed by atoms with van der Waals surface area (Å²) in [5, 5.41) is 3.19. The Morgan fingerprint density at radius 2 is 1.62 bits per heavy atom. The van der Waals surface area contributed by atoms with Crippen molar-refractivity contribution in [3.63, 3.8) is 0 Å². The fourth-order valence-electron chi connectivity index (χ4n) is 4.79. The van der Waals surface area contributed by atoms with Crippen LogP contribution >= 0.6 is 0 Å². The Morgan fingerprint density at radius 3 is 2.14 bits per heavy atom. The monoisotopic (exact) mass is 691 g/mol. The molecule has 1 aromatic carbocycles. The van der Waals surface area contributed by atoms with Gasteiger partial charge in [-0.25, -0.2) is 0 Å². The van der Waals surface area contributed by atoms with E-state index in [4.69, 9.17) is 10.5 Å². The molecule has 0 aromatic heterocycles. The number of nitrogens with zero attached hydrogens (tertiary/aromatic N) is 3. The molecule has 50 heavy (non-hydrogen) atoms. The van der Waals surface area contributed by atoms with E-state index in [1.807, 2.05) is 40.7 Å². The molecule has 0 amide bonds. The molecule has 2 aliphatic carbocycles. The minimum absolute atomic E-state index is 0.509. The molecule has 0 atom stereocenters. The summed E-state index contributed by atoms with van der Waals surface area (Å²) >= 11 is 0. The van der Waals surface area contributed by atoms with Crippen LogP contribution in [0.1, 0.15) is 107 Å². The van der Waals surface area contributed by atoms with Gasteiger partial charge in [0.2, 0.25) is 0 Å². The minimum atomic E-state index is 0.509. The number of hydrogen-bond donors (Lipinski definition) is 3. The highest BCUT2D eigenvalue weighted by molar-refractivity contribution is 6.09. The molecule has 2 aliphatic rings. The van der Waals surface area contributed by atoms with Gasteiger partial charge in [0.1, 0.15) is 0 Å². The van der Waals surface area contributed by atoms with Gasteiger partial charge in [0.05, 0.1) is 17.8 Å². The van der Waals surface area contributed by atoms with Crippen molar-refractivity contribution in [1.82, 2.24) is 5.32 Å². The van der Waals surface area contributed by atoms with Crippen LogP contribution < -0.4 is 21.7 Å². The Balaban J connectivity index is -0.00000164. The first-order valence-corrected chi connectivity index (χ1v) is 18.6. The molecule has 0 saturated heterocycles. The Labute approximate surface area is 308 Å². The van der Waals surface area contributed by atoms with Crippen molar-refractivity contribution in [1.29, 1.82) is 0 Å². The standard InChI is InChI=1S/C32H43N5O.C3H8.C3H6.2C2H6.CH5N/c1-7-25(16-19-38-24(6)36-18-11-17-35-23(5)33)32-30-14-12-28(34-8-2)21-26(30)20-27-22-29(13-15-31(27)32)37(9-3)10-4;2*1-3-2;3*1-2/h7,12-16,19,21-22,36H,6,8-11,17-18,20H2,1-5H3,(H2,33,35);3H2,1-2H3;3H,1H2,2H3;2*1-2H3;2H2,1H3/b19-16+,25-7+,34-28?;;;;;. The van der Waals surface area contributed by atoms with Gasteiger partial charge in [-0.1, -0.05) is 72.3 Å². The zero-order valence-corrected chi connectivity index (χ0v) is 34.2. The van der Waals surface area contributed by atoms with E-state index in [0.717, 1.165) is 50.3 Å². The second-order valence-electron chi connectivity index (χ2n) is 10.4. The number of fused-ring (bicyclic) bond motifs is 2. The molecular weight excluding hydrogens is 617 g/mol. The maximum atomic E-state index is 5.78. The number of rotatable bonds is 13. The quantitative estimate of drug-likeness (QED) is 0.0478. The van der Waals surface area contributed by atoms with Gasteiger partial charge in [-0.2, -0.15) is 0 Å². The molecule has 0 fully saturated rings. The van der Waals surface area contributed by atoms with Gasteiger partial charge in [0.15, 0.2) is 5.88 Å². The van der Waals surface area contributed by atoms with E-state index < -0.39 is 0 Å². The molecule has 0 heterocycles. The fraction of sp³-hybridized carbons (Fsp3) is 0.488. The van der Waals surface area contributed by atoms with Gasteiger partial charge in [0, 0.05) is 38.4 Å². The highest BCUT2D eigenvalue weighted by Crippen LogP contribution is 2.42. The molecule has 7 heteroatoms. The molecule has 0 aliphatic heterocycles. The number of amidine groups is 1. The van der Waals surface area contributed by atoms with Crippen molar-refractivity contribution in [2.45, 2.75) is 102 Å². The predicted molar refractivity (Wildman–Crippen MR) is 228 cm³/mol. The summed E-state index contributed by atoms with van der Waals surface area (Å²) < 4.78 is 5.78. The Morgan fingerprint density at radius 1 is 1.02 bits per heavy atom. The zero-order valence-electron chi connectivity index (χ0n) is 34.2. The average Bonchev–Trinajstić information content (AvgIpc) is 3.13. The number of ether oxygens (including phenoxy) is 1. The summed E-state index contributed by atoms with van der Waals surface area (Å²) in [7, 11) is 1.50. The van der Waals surface area contributed by atoms with Crippen LogP contribution in [0.4, 0.5) is 5.69 Å². The third kappa shape index (κ3) is 19.2. The van der Waals surface area contributed by atoms with Crippen molar-refractivity contribution in [3.05, 3.63) is 108 Å². The number of benzene rings is 1. The lowest BCUT2D eigenvalue weighted by molar-refractivity contribution is 0.316. The van der Waals surface area contributed by atoms with Crippen LogP contribution in [-0.2, 0) is 11.2 Å². The largest absolute Gasteiger partial charge is 0.450 e. The number of allylic oxidation sites excluding steroid dienone is 10. The normalized spacial score (nSPS) is 13.5. The lowest BCUT2D eigenvalue weighted by Gasteiger charge is -2.29. The van der Waals surface area contributed by atoms with E-state index in [0.29, 0.717) is 18.3 Å². The number of anilines is 1. The lowest BCUT2D eigenvalue weighted by Crippen LogP contribution is -2.22. The topological polar surface area (TPSA) is 101 Å². The second kappa shape index (κ2) is 33.4. The highest BCUT2D eigenvalue weighted by Gasteiger charge is 2.25. The van der Waals surface area contributed by atoms with Crippen LogP contribution in [-0.4, -0.2) is 51.3 Å². The van der Waals surface area contributed by atoms with Gasteiger partial charge >= 0.3 is 0 Å². The Hall–Kier alpha value is -4.10. The van der Waals surface area contributed by atoms with E-state index in [-0.39, 0.29) is 0 Å². The minimum Gasteiger partial charge on any atom is -0.450 e. The van der Waals surface area contributed by atoms with Crippen LogP contribution in [0.2, 0.25) is 0 Å². The molecule has 1 aromatic rings. The Bertz CT molecular complexity index is 1290. The molecular formula is C43H74N6O. The smallest absolute Gasteiger partial charge is 0.185 e. The van der Waals surface area contributed by atoms with Crippen molar-refractivity contribution < 1.29 is 4.74 Å². The third-order valence-electron chi connectivity index (χ3n) is 6.64. The van der Waals surface area contributed by atoms with Crippen molar-refractivity contribution >= 4 is 22.8 Å². The van der Waals surface area contributed by atoms with E-state index in [2.05, 4.69) is 123 Å². The van der Waals surface area contributed by atoms with Gasteiger partial charge in [-0.05, 0) is 132 Å². The average molecular weight is 691 g/mol. The van der Waals surface area contributed by atoms with Crippen LogP contribution in [0.25, 0.3) is 5.57 Å². The fourth-order valence-corrected chi connectivity index (χ4v) is 4.79. The number of aliphatic imine (C=N–C) groups is 2. The summed E-state index contributed by atoms with van der Waals surface area (Å²) in [6, 6.07) is 6.87. The summed E-state index contributed by atoms with van der Waals surface area (Å²) in [4.78, 5) is 11.2. The predicted octanol–water partition coefficient (Wildman–Crippen LogP) is 10.3. The molecule has 5 N–H and O–H groups in total. The number of hydrogen-bond acceptors (Lipinski definition) is 6. The molecule has 282 valence electrons. The Kier molecular flexibility index (Phi) is 33.6. The van der Waals surface area contributed by atoms with Crippen LogP contribution in [0.3, 0.4) is 0 Å². The summed E-state index contributed by atoms with van der Waals surface area (Å²) in [6.07, 6.45) is 17.2. The van der Waals surface area contributed by atoms with E-state index >= 15 is 0 Å². The summed E-state index contributed by atoms with van der Waals surface area (Å²) in [5.41, 5.74) is 19.8. The third-order valence-corrected chi connectivity index (χ3v) is 6.64. The van der Waals surface area contributed by atoms with Crippen molar-refractivity contribution in [2.75, 3.05) is 44.7 Å². The van der Waals surface area contributed by atoms with Crippen LogP contribution in [0.15, 0.2) is 107 Å². The van der Waals surface area contributed by atoms with Gasteiger partial charge < -0.3 is 26.4 Å². The van der Waals surface area contributed by atoms with Crippen molar-refractivity contribution in [3.8, 4) is 0 Å². The van der Waals surface area contributed by atoms with E-state index in [9.17, 15) is 0 Å². The first-order valence-electron chi connectivity index (χ1n) is 18.6. The molecule has 0 unspecified atom stereocenters. The molecule has 3 rings (SSSR count). The lowest BCUT2D eigenvalue weighted by atomic mass is 9.77. The zero-order chi connectivity index (χ0) is 38.9. The molecule has 0 radical (unpaired) electrons.